The maximum absolute atomic E-state index is 11.7. The Balaban J connectivity index is 3.02. The van der Waals surface area contributed by atoms with Gasteiger partial charge in [-0.15, -0.1) is 11.6 Å². The maximum Gasteiger partial charge on any atom is 0.328 e. The van der Waals surface area contributed by atoms with Gasteiger partial charge < -0.3 is 5.11 Å². The fourth-order valence-corrected chi connectivity index (χ4v) is 1.89. The number of carbonyl (C=O) groups excluding carboxylic acids is 1. The van der Waals surface area contributed by atoms with Gasteiger partial charge in [-0.2, -0.15) is 0 Å². The summed E-state index contributed by atoms with van der Waals surface area (Å²) in [5.74, 6) is -0.834. The number of rotatable bonds is 5. The number of benzene rings is 1. The van der Waals surface area contributed by atoms with Gasteiger partial charge in [0.1, 0.15) is 0 Å². The van der Waals surface area contributed by atoms with Crippen LogP contribution in [0.5, 0.6) is 0 Å². The number of Topliss-reactive ketones (excluding diaryl/α,β-unsaturated/α-hetero) is 1. The summed E-state index contributed by atoms with van der Waals surface area (Å²) in [6.45, 7) is 0. The van der Waals surface area contributed by atoms with Crippen molar-refractivity contribution in [3.8, 4) is 0 Å². The smallest absolute Gasteiger partial charge is 0.328 e. The number of carboxylic acid groups (broad SMARTS) is 1. The monoisotopic (exact) mass is 316 g/mol. The molecule has 0 aliphatic rings. The van der Waals surface area contributed by atoms with Crippen LogP contribution in [0.15, 0.2) is 28.7 Å². The Bertz CT molecular complexity index is 469. The summed E-state index contributed by atoms with van der Waals surface area (Å²) in [5, 5.41) is 8.51. The van der Waals surface area contributed by atoms with E-state index in [1.54, 1.807) is 18.2 Å². The van der Waals surface area contributed by atoms with E-state index in [-0.39, 0.29) is 18.1 Å². The number of halogens is 2. The minimum absolute atomic E-state index is 0.0718. The molecule has 5 heteroatoms. The molecule has 1 aromatic rings. The molecule has 0 spiro atoms. The van der Waals surface area contributed by atoms with E-state index in [9.17, 15) is 9.59 Å². The average Bonchev–Trinajstić information content (AvgIpc) is 2.28. The fourth-order valence-electron chi connectivity index (χ4n) is 1.25. The summed E-state index contributed by atoms with van der Waals surface area (Å²) in [4.78, 5) is 22.1. The first kappa shape index (κ1) is 13.9. The zero-order valence-corrected chi connectivity index (χ0v) is 11.2. The van der Waals surface area contributed by atoms with Gasteiger partial charge >= 0.3 is 5.97 Å². The third-order valence-corrected chi connectivity index (χ3v) is 2.91. The Morgan fingerprint density at radius 2 is 2.12 bits per heavy atom. The van der Waals surface area contributed by atoms with Crippen molar-refractivity contribution in [3.05, 3.63) is 39.9 Å². The first-order chi connectivity index (χ1) is 8.04. The highest BCUT2D eigenvalue weighted by Crippen LogP contribution is 2.21. The lowest BCUT2D eigenvalue weighted by molar-refractivity contribution is -0.131. The molecule has 17 heavy (non-hydrogen) atoms. The quantitative estimate of drug-likeness (QED) is 0.515. The van der Waals surface area contributed by atoms with Crippen molar-refractivity contribution >= 4 is 45.4 Å². The van der Waals surface area contributed by atoms with E-state index in [1.165, 1.54) is 6.08 Å². The van der Waals surface area contributed by atoms with Crippen LogP contribution in [-0.4, -0.2) is 22.7 Å². The lowest BCUT2D eigenvalue weighted by Crippen LogP contribution is -2.01. The van der Waals surface area contributed by atoms with E-state index < -0.39 is 5.97 Å². The topological polar surface area (TPSA) is 54.4 Å². The maximum atomic E-state index is 11.7. The first-order valence-corrected chi connectivity index (χ1v) is 6.17. The van der Waals surface area contributed by atoms with E-state index in [1.807, 2.05) is 0 Å². The largest absolute Gasteiger partial charge is 0.478 e. The number of carboxylic acids is 1. The van der Waals surface area contributed by atoms with Crippen LogP contribution < -0.4 is 0 Å². The van der Waals surface area contributed by atoms with E-state index >= 15 is 0 Å². The summed E-state index contributed by atoms with van der Waals surface area (Å²) in [7, 11) is 0. The van der Waals surface area contributed by atoms with Crippen LogP contribution in [0.1, 0.15) is 22.3 Å². The Kier molecular flexibility index (Phi) is 5.38. The minimum Gasteiger partial charge on any atom is -0.478 e. The molecule has 90 valence electrons. The highest BCUT2D eigenvalue weighted by Gasteiger charge is 2.09. The van der Waals surface area contributed by atoms with E-state index in [0.717, 1.165) is 6.08 Å². The second-order valence-corrected chi connectivity index (χ2v) is 4.51. The molecule has 0 bridgehead atoms. The summed E-state index contributed by atoms with van der Waals surface area (Å²) >= 11 is 8.79. The second-order valence-electron chi connectivity index (χ2n) is 3.27. The summed E-state index contributed by atoms with van der Waals surface area (Å²) in [6, 6.07) is 5.07. The summed E-state index contributed by atoms with van der Waals surface area (Å²) in [5.41, 5.74) is 1.17. The summed E-state index contributed by atoms with van der Waals surface area (Å²) in [6.07, 6.45) is 2.72. The van der Waals surface area contributed by atoms with Crippen molar-refractivity contribution in [2.75, 3.05) is 5.88 Å². The molecule has 0 aliphatic heterocycles. The molecule has 0 aliphatic carbocycles. The number of hydrogen-bond donors (Lipinski definition) is 1. The summed E-state index contributed by atoms with van der Waals surface area (Å²) < 4.78 is 0.681. The van der Waals surface area contributed by atoms with E-state index in [2.05, 4.69) is 15.9 Å². The van der Waals surface area contributed by atoms with Crippen molar-refractivity contribution < 1.29 is 14.7 Å². The Morgan fingerprint density at radius 1 is 1.41 bits per heavy atom. The molecular formula is C12H10BrClO3. The van der Waals surface area contributed by atoms with Gasteiger partial charge in [-0.3, -0.25) is 4.79 Å². The van der Waals surface area contributed by atoms with Gasteiger partial charge in [0.25, 0.3) is 0 Å². The van der Waals surface area contributed by atoms with Crippen LogP contribution in [0.2, 0.25) is 0 Å². The molecular weight excluding hydrogens is 307 g/mol. The van der Waals surface area contributed by atoms with Crippen LogP contribution in [0.4, 0.5) is 0 Å². The predicted octanol–water partition coefficient (Wildman–Crippen LogP) is 3.36. The Morgan fingerprint density at radius 3 is 2.71 bits per heavy atom. The van der Waals surface area contributed by atoms with Crippen LogP contribution in [0.3, 0.4) is 0 Å². The van der Waals surface area contributed by atoms with Crippen molar-refractivity contribution in [3.63, 3.8) is 0 Å². The Labute approximate surface area is 112 Å². The molecule has 0 saturated heterocycles. The average molecular weight is 318 g/mol. The van der Waals surface area contributed by atoms with Gasteiger partial charge in [0.05, 0.1) is 0 Å². The first-order valence-electron chi connectivity index (χ1n) is 4.84. The third kappa shape index (κ3) is 4.32. The lowest BCUT2D eigenvalue weighted by Gasteiger charge is -2.03. The van der Waals surface area contributed by atoms with Gasteiger partial charge in [-0.25, -0.2) is 4.79 Å². The molecule has 0 aromatic heterocycles. The van der Waals surface area contributed by atoms with Crippen molar-refractivity contribution in [2.24, 2.45) is 0 Å². The standard InChI is InChI=1S/C12H10BrClO3/c13-10-3-1-8(2-4-12(16)17)7-9(10)11(15)5-6-14/h1-4,7H,5-6H2,(H,16,17)/b4-2+. The molecule has 0 saturated carbocycles. The lowest BCUT2D eigenvalue weighted by atomic mass is 10.1. The zero-order valence-electron chi connectivity index (χ0n) is 8.82. The number of aliphatic carboxylic acids is 1. The minimum atomic E-state index is -1.03. The van der Waals surface area contributed by atoms with Crippen LogP contribution in [-0.2, 0) is 4.79 Å². The number of alkyl halides is 1. The highest BCUT2D eigenvalue weighted by atomic mass is 79.9. The molecule has 3 nitrogen and oxygen atoms in total. The SMILES string of the molecule is O=C(O)/C=C/c1ccc(Br)c(C(=O)CCCl)c1. The number of carbonyl (C=O) groups is 2. The van der Waals surface area contributed by atoms with Crippen molar-refractivity contribution in [2.45, 2.75) is 6.42 Å². The molecule has 1 aromatic carbocycles. The van der Waals surface area contributed by atoms with Gasteiger partial charge in [0.15, 0.2) is 5.78 Å². The molecule has 1 N–H and O–H groups in total. The number of hydrogen-bond acceptors (Lipinski definition) is 2. The Hall–Kier alpha value is -1.13. The predicted molar refractivity (Wildman–Crippen MR) is 70.5 cm³/mol. The highest BCUT2D eigenvalue weighted by molar-refractivity contribution is 9.10. The van der Waals surface area contributed by atoms with E-state index in [4.69, 9.17) is 16.7 Å². The molecule has 0 radical (unpaired) electrons. The van der Waals surface area contributed by atoms with Gasteiger partial charge in [-0.05, 0) is 23.8 Å². The molecule has 0 unspecified atom stereocenters. The second kappa shape index (κ2) is 6.57. The number of ketones is 1. The van der Waals surface area contributed by atoms with Crippen LogP contribution >= 0.6 is 27.5 Å². The van der Waals surface area contributed by atoms with Gasteiger partial charge in [0, 0.05) is 28.4 Å². The van der Waals surface area contributed by atoms with Crippen LogP contribution in [0.25, 0.3) is 6.08 Å². The molecule has 1 rings (SSSR count). The third-order valence-electron chi connectivity index (χ3n) is 2.03. The molecule has 0 atom stereocenters. The normalized spacial score (nSPS) is 10.7. The zero-order chi connectivity index (χ0) is 12.8. The molecule has 0 fully saturated rings. The molecule has 0 amide bonds. The molecule has 0 heterocycles. The van der Waals surface area contributed by atoms with E-state index in [0.29, 0.717) is 15.6 Å². The van der Waals surface area contributed by atoms with Gasteiger partial charge in [0.2, 0.25) is 0 Å². The van der Waals surface area contributed by atoms with Crippen molar-refractivity contribution in [1.29, 1.82) is 0 Å². The fraction of sp³-hybridized carbons (Fsp3) is 0.167. The van der Waals surface area contributed by atoms with Gasteiger partial charge in [-0.1, -0.05) is 22.0 Å². The van der Waals surface area contributed by atoms with Crippen molar-refractivity contribution in [1.82, 2.24) is 0 Å². The van der Waals surface area contributed by atoms with Crippen LogP contribution in [0, 0.1) is 0 Å².